The van der Waals surface area contributed by atoms with Gasteiger partial charge >= 0.3 is 7.82 Å². The molecule has 2 aliphatic rings. The standard InChI is InChI=1S/C43H62FN6O8P/c1-4-5-6-7-8-9-10-11-12-13-14-15-16-17-18-19-20-21-34(55-33-23-22-32(27-45)35(44)26-33)28-53-59(51,52)54-30-43(29-46)40-39(56-42(2,3)58-40)38(57-43)36-24-25-37-41(47)48-31-49-50(36)37/h22-26,31,34,38-40H,4-21,28,30H2,1-3H3,(H,51,52)(H2,47,48,49)/t34-,38+,39+,40+,43-/m1/s1. The van der Waals surface area contributed by atoms with E-state index in [1.54, 1.807) is 32.0 Å². The molecule has 0 amide bonds. The molecule has 1 unspecified atom stereocenters. The number of hydrogen-bond acceptors (Lipinski definition) is 12. The molecule has 0 radical (unpaired) electrons. The summed E-state index contributed by atoms with van der Waals surface area (Å²) in [5, 5.41) is 23.9. The van der Waals surface area contributed by atoms with Crippen LogP contribution in [0.2, 0.25) is 0 Å². The van der Waals surface area contributed by atoms with Gasteiger partial charge in [-0.05, 0) is 51.0 Å². The molecule has 5 rings (SSSR count). The number of nitrogens with zero attached hydrogens (tertiary/aromatic N) is 5. The summed E-state index contributed by atoms with van der Waals surface area (Å²) in [6.45, 7) is 4.58. The Morgan fingerprint density at radius 2 is 1.54 bits per heavy atom. The fourth-order valence-corrected chi connectivity index (χ4v) is 8.69. The minimum atomic E-state index is -4.82. The lowest BCUT2D eigenvalue weighted by Gasteiger charge is -2.29. The van der Waals surface area contributed by atoms with Gasteiger partial charge in [-0.2, -0.15) is 15.6 Å². The molecule has 3 aromatic rings. The molecule has 0 saturated carbocycles. The maximum Gasteiger partial charge on any atom is 0.472 e. The predicted octanol–water partition coefficient (Wildman–Crippen LogP) is 9.80. The third-order valence-corrected chi connectivity index (χ3v) is 12.0. The fourth-order valence-electron chi connectivity index (χ4n) is 7.90. The first-order chi connectivity index (χ1) is 28.4. The number of phosphoric acid groups is 1. The van der Waals surface area contributed by atoms with E-state index in [4.69, 9.17) is 39.0 Å². The molecule has 16 heteroatoms. The van der Waals surface area contributed by atoms with E-state index >= 15 is 0 Å². The average molecular weight is 841 g/mol. The number of hydrogen-bond donors (Lipinski definition) is 2. The van der Waals surface area contributed by atoms with Gasteiger partial charge in [-0.25, -0.2) is 18.5 Å². The smallest absolute Gasteiger partial charge is 0.472 e. The maximum absolute atomic E-state index is 14.5. The fraction of sp³-hybridized carbons (Fsp3) is 0.674. The third-order valence-electron chi connectivity index (χ3n) is 11.1. The number of benzene rings is 1. The highest BCUT2D eigenvalue weighted by molar-refractivity contribution is 7.47. The van der Waals surface area contributed by atoms with Crippen LogP contribution >= 0.6 is 7.82 Å². The molecule has 324 valence electrons. The zero-order valence-corrected chi connectivity index (χ0v) is 35.8. The van der Waals surface area contributed by atoms with Crippen molar-refractivity contribution in [2.24, 2.45) is 0 Å². The summed E-state index contributed by atoms with van der Waals surface area (Å²) in [4.78, 5) is 14.9. The lowest BCUT2D eigenvalue weighted by atomic mass is 9.96. The van der Waals surface area contributed by atoms with Crippen LogP contribution in [-0.2, 0) is 27.8 Å². The maximum atomic E-state index is 14.5. The molecule has 2 aromatic heterocycles. The SMILES string of the molecule is CCCCCCCCCCCCCCCCCCC[C@H](COP(=O)(O)OC[C@@]1(C#N)O[C@@H](c2ccc3c(N)ncnn23)[C@@H]2OC(C)(C)O[C@@H]21)Oc1ccc(C#N)c(F)c1. The summed E-state index contributed by atoms with van der Waals surface area (Å²) >= 11 is 0. The predicted molar refractivity (Wildman–Crippen MR) is 219 cm³/mol. The lowest BCUT2D eigenvalue weighted by molar-refractivity contribution is -0.204. The second kappa shape index (κ2) is 22.3. The Hall–Kier alpha value is -3.66. The van der Waals surface area contributed by atoms with Crippen LogP contribution in [0.25, 0.3) is 5.52 Å². The van der Waals surface area contributed by atoms with Gasteiger partial charge < -0.3 is 29.6 Å². The molecule has 14 nitrogen and oxygen atoms in total. The van der Waals surface area contributed by atoms with E-state index in [0.717, 1.165) is 31.7 Å². The van der Waals surface area contributed by atoms with Gasteiger partial charge in [-0.15, -0.1) is 0 Å². The number of anilines is 1. The zero-order chi connectivity index (χ0) is 42.3. The highest BCUT2D eigenvalue weighted by Gasteiger charge is 2.65. The van der Waals surface area contributed by atoms with E-state index in [1.807, 2.05) is 0 Å². The van der Waals surface area contributed by atoms with Crippen LogP contribution in [0.15, 0.2) is 36.7 Å². The molecule has 2 saturated heterocycles. The Balaban J connectivity index is 1.10. The summed E-state index contributed by atoms with van der Waals surface area (Å²) in [5.74, 6) is -1.45. The first-order valence-corrected chi connectivity index (χ1v) is 22.9. The Kier molecular flexibility index (Phi) is 17.5. The van der Waals surface area contributed by atoms with Crippen LogP contribution in [0.1, 0.15) is 154 Å². The quantitative estimate of drug-likeness (QED) is 0.0544. The number of fused-ring (bicyclic) bond motifs is 2. The van der Waals surface area contributed by atoms with Crippen LogP contribution in [0.4, 0.5) is 10.2 Å². The molecule has 1 aromatic carbocycles. The Bertz CT molecular complexity index is 1920. The minimum absolute atomic E-state index is 0.126. The number of nitrogens with two attached hydrogens (primary N) is 1. The highest BCUT2D eigenvalue weighted by Crippen LogP contribution is 2.52. The summed E-state index contributed by atoms with van der Waals surface area (Å²) in [6.07, 6.45) is 19.3. The molecule has 3 N–H and O–H groups in total. The van der Waals surface area contributed by atoms with Crippen LogP contribution < -0.4 is 10.5 Å². The average Bonchev–Trinajstić information content (AvgIpc) is 3.87. The van der Waals surface area contributed by atoms with Crippen LogP contribution in [0.3, 0.4) is 0 Å². The normalized spacial score (nSPS) is 22.5. The van der Waals surface area contributed by atoms with Crippen molar-refractivity contribution in [1.82, 2.24) is 14.6 Å². The van der Waals surface area contributed by atoms with Gasteiger partial charge in [0, 0.05) is 6.07 Å². The zero-order valence-electron chi connectivity index (χ0n) is 34.9. The first-order valence-electron chi connectivity index (χ1n) is 21.4. The highest BCUT2D eigenvalue weighted by atomic mass is 31.2. The number of unbranched alkanes of at least 4 members (excludes halogenated alkanes) is 16. The second-order valence-electron chi connectivity index (χ2n) is 16.2. The van der Waals surface area contributed by atoms with Crippen molar-refractivity contribution in [3.05, 3.63) is 53.7 Å². The summed E-state index contributed by atoms with van der Waals surface area (Å²) in [6, 6.07) is 11.2. The molecule has 0 aliphatic carbocycles. The van der Waals surface area contributed by atoms with E-state index in [1.165, 1.54) is 106 Å². The van der Waals surface area contributed by atoms with Crippen molar-refractivity contribution < 1.29 is 41.8 Å². The molecule has 0 bridgehead atoms. The van der Waals surface area contributed by atoms with Crippen molar-refractivity contribution in [3.63, 3.8) is 0 Å². The van der Waals surface area contributed by atoms with E-state index in [0.29, 0.717) is 17.6 Å². The number of halogens is 1. The van der Waals surface area contributed by atoms with Crippen molar-refractivity contribution >= 4 is 19.2 Å². The minimum Gasteiger partial charge on any atom is -0.488 e. The molecule has 6 atom stereocenters. The van der Waals surface area contributed by atoms with E-state index in [-0.39, 0.29) is 23.7 Å². The van der Waals surface area contributed by atoms with Crippen molar-refractivity contribution in [2.45, 2.75) is 172 Å². The van der Waals surface area contributed by atoms with Crippen molar-refractivity contribution in [1.29, 1.82) is 10.5 Å². The van der Waals surface area contributed by atoms with Crippen molar-refractivity contribution in [3.8, 4) is 17.9 Å². The van der Waals surface area contributed by atoms with Gasteiger partial charge in [0.25, 0.3) is 0 Å². The Labute approximate surface area is 348 Å². The molecule has 59 heavy (non-hydrogen) atoms. The molecule has 0 spiro atoms. The first kappa shape index (κ1) is 46.4. The van der Waals surface area contributed by atoms with Crippen LogP contribution in [0, 0.1) is 28.5 Å². The summed E-state index contributed by atoms with van der Waals surface area (Å²) in [7, 11) is -4.82. The van der Waals surface area contributed by atoms with Crippen LogP contribution in [-0.4, -0.2) is 62.4 Å². The number of phosphoric ester groups is 1. The number of aromatic nitrogens is 3. The number of ether oxygens (including phenoxy) is 4. The lowest BCUT2D eigenvalue weighted by Crippen LogP contribution is -2.45. The molecule has 4 heterocycles. The topological polar surface area (TPSA) is 196 Å². The number of nitrogen functional groups attached to an aromatic ring is 1. The molecular weight excluding hydrogens is 778 g/mol. The van der Waals surface area contributed by atoms with E-state index < -0.39 is 56.1 Å². The summed E-state index contributed by atoms with van der Waals surface area (Å²) in [5.41, 5.74) is 5.07. The summed E-state index contributed by atoms with van der Waals surface area (Å²) < 4.78 is 64.9. The number of nitriles is 2. The van der Waals surface area contributed by atoms with Gasteiger partial charge in [-0.3, -0.25) is 9.05 Å². The Morgan fingerprint density at radius 3 is 2.14 bits per heavy atom. The monoisotopic (exact) mass is 840 g/mol. The Morgan fingerprint density at radius 1 is 0.915 bits per heavy atom. The van der Waals surface area contributed by atoms with E-state index in [9.17, 15) is 19.1 Å². The van der Waals surface area contributed by atoms with Gasteiger partial charge in [-0.1, -0.05) is 110 Å². The van der Waals surface area contributed by atoms with Crippen molar-refractivity contribution in [2.75, 3.05) is 18.9 Å². The van der Waals surface area contributed by atoms with Gasteiger partial charge in [0.05, 0.1) is 17.9 Å². The van der Waals surface area contributed by atoms with Crippen LogP contribution in [0.5, 0.6) is 5.75 Å². The van der Waals surface area contributed by atoms with Gasteiger partial charge in [0.2, 0.25) is 5.60 Å². The molecule has 2 fully saturated rings. The number of rotatable bonds is 27. The van der Waals surface area contributed by atoms with Gasteiger partial charge in [0.15, 0.2) is 11.6 Å². The third kappa shape index (κ3) is 13.2. The van der Waals surface area contributed by atoms with Gasteiger partial charge in [0.1, 0.15) is 66.6 Å². The largest absolute Gasteiger partial charge is 0.488 e. The molecular formula is C43H62FN6O8P. The second-order valence-corrected chi connectivity index (χ2v) is 17.7. The van der Waals surface area contributed by atoms with E-state index in [2.05, 4.69) is 23.1 Å². The molecule has 2 aliphatic heterocycles.